The van der Waals surface area contributed by atoms with E-state index in [-0.39, 0.29) is 11.5 Å². The number of nitrogens with one attached hydrogen (secondary N) is 1. The Balaban J connectivity index is 2.39. The summed E-state index contributed by atoms with van der Waals surface area (Å²) >= 11 is 1.58. The van der Waals surface area contributed by atoms with Gasteiger partial charge in [0.05, 0.1) is 0 Å². The zero-order valence-corrected chi connectivity index (χ0v) is 11.8. The zero-order valence-electron chi connectivity index (χ0n) is 11.0. The summed E-state index contributed by atoms with van der Waals surface area (Å²) in [6, 6.07) is -0.366. The van der Waals surface area contributed by atoms with Gasteiger partial charge in [-0.25, -0.2) is 22.0 Å². The van der Waals surface area contributed by atoms with Crippen LogP contribution in [0.2, 0.25) is 0 Å². The van der Waals surface area contributed by atoms with Crippen LogP contribution >= 0.6 is 11.8 Å². The highest BCUT2D eigenvalue weighted by molar-refractivity contribution is 7.99. The Hall–Kier alpha value is -0.980. The molecular formula is C13H14F5NS. The minimum Gasteiger partial charge on any atom is -0.376 e. The average Bonchev–Trinajstić information content (AvgIpc) is 2.40. The second-order valence-corrected chi connectivity index (χ2v) is 6.61. The lowest BCUT2D eigenvalue weighted by Gasteiger charge is -2.39. The van der Waals surface area contributed by atoms with Gasteiger partial charge in [0, 0.05) is 11.8 Å². The first-order chi connectivity index (χ1) is 9.25. The third-order valence-electron chi connectivity index (χ3n) is 3.65. The van der Waals surface area contributed by atoms with Crippen molar-refractivity contribution in [2.24, 2.45) is 5.41 Å². The molecule has 1 nitrogen and oxygen atoms in total. The van der Waals surface area contributed by atoms with E-state index in [4.69, 9.17) is 0 Å². The molecule has 0 aliphatic carbocycles. The normalized spacial score (nSPS) is 21.9. The summed E-state index contributed by atoms with van der Waals surface area (Å²) in [7, 11) is 0. The van der Waals surface area contributed by atoms with E-state index in [0.717, 1.165) is 12.2 Å². The maximum absolute atomic E-state index is 13.6. The quantitative estimate of drug-likeness (QED) is 0.496. The van der Waals surface area contributed by atoms with Gasteiger partial charge in [0.25, 0.3) is 0 Å². The maximum atomic E-state index is 13.6. The molecule has 20 heavy (non-hydrogen) atoms. The maximum Gasteiger partial charge on any atom is 0.200 e. The summed E-state index contributed by atoms with van der Waals surface area (Å²) in [4.78, 5) is 0. The summed E-state index contributed by atoms with van der Waals surface area (Å²) in [6.07, 6.45) is 0.796. The molecule has 1 aliphatic heterocycles. The molecule has 0 aromatic heterocycles. The number of benzene rings is 1. The van der Waals surface area contributed by atoms with Gasteiger partial charge in [0.15, 0.2) is 23.3 Å². The van der Waals surface area contributed by atoms with Crippen LogP contribution in [0.25, 0.3) is 0 Å². The van der Waals surface area contributed by atoms with Crippen LogP contribution in [0.3, 0.4) is 0 Å². The Kier molecular flexibility index (Phi) is 4.18. The monoisotopic (exact) mass is 311 g/mol. The molecule has 112 valence electrons. The fraction of sp³-hybridized carbons (Fsp3) is 0.538. The Bertz CT molecular complexity index is 503. The molecule has 1 aliphatic rings. The van der Waals surface area contributed by atoms with Crippen LogP contribution < -0.4 is 5.32 Å². The Morgan fingerprint density at radius 1 is 0.950 bits per heavy atom. The molecule has 1 unspecified atom stereocenters. The van der Waals surface area contributed by atoms with Crippen LogP contribution in [0.4, 0.5) is 27.6 Å². The van der Waals surface area contributed by atoms with E-state index < -0.39 is 34.8 Å². The van der Waals surface area contributed by atoms with Gasteiger partial charge in [-0.2, -0.15) is 11.8 Å². The van der Waals surface area contributed by atoms with Gasteiger partial charge < -0.3 is 5.32 Å². The van der Waals surface area contributed by atoms with Crippen LogP contribution in [-0.4, -0.2) is 17.5 Å². The number of thioether (sulfide) groups is 1. The van der Waals surface area contributed by atoms with Crippen LogP contribution in [-0.2, 0) is 0 Å². The molecule has 1 N–H and O–H groups in total. The van der Waals surface area contributed by atoms with Crippen molar-refractivity contribution in [1.82, 2.24) is 0 Å². The molecule has 0 spiro atoms. The van der Waals surface area contributed by atoms with Crippen molar-refractivity contribution in [3.63, 3.8) is 0 Å². The molecule has 1 aromatic carbocycles. The first kappa shape index (κ1) is 15.4. The molecule has 0 saturated carbocycles. The summed E-state index contributed by atoms with van der Waals surface area (Å²) in [5.74, 6) is -8.15. The van der Waals surface area contributed by atoms with Crippen molar-refractivity contribution in [1.29, 1.82) is 0 Å². The van der Waals surface area contributed by atoms with Crippen LogP contribution in [0, 0.1) is 34.5 Å². The van der Waals surface area contributed by atoms with E-state index in [9.17, 15) is 22.0 Å². The van der Waals surface area contributed by atoms with E-state index in [0.29, 0.717) is 5.75 Å². The van der Waals surface area contributed by atoms with Crippen molar-refractivity contribution in [3.8, 4) is 0 Å². The molecule has 7 heteroatoms. The predicted molar refractivity (Wildman–Crippen MR) is 69.4 cm³/mol. The highest BCUT2D eigenvalue weighted by Gasteiger charge is 2.35. The van der Waals surface area contributed by atoms with Crippen molar-refractivity contribution in [3.05, 3.63) is 29.1 Å². The van der Waals surface area contributed by atoms with Gasteiger partial charge in [-0.15, -0.1) is 0 Å². The second kappa shape index (κ2) is 5.42. The van der Waals surface area contributed by atoms with Gasteiger partial charge in [0.1, 0.15) is 5.69 Å². The molecular weight excluding hydrogens is 297 g/mol. The van der Waals surface area contributed by atoms with E-state index in [2.05, 4.69) is 5.32 Å². The van der Waals surface area contributed by atoms with Gasteiger partial charge in [-0.3, -0.25) is 0 Å². The van der Waals surface area contributed by atoms with Gasteiger partial charge in [-0.1, -0.05) is 13.8 Å². The van der Waals surface area contributed by atoms with Gasteiger partial charge >= 0.3 is 0 Å². The molecule has 1 heterocycles. The number of halogens is 5. The molecule has 1 aromatic rings. The summed E-state index contributed by atoms with van der Waals surface area (Å²) in [5.41, 5.74) is -1.23. The highest BCUT2D eigenvalue weighted by atomic mass is 32.2. The highest BCUT2D eigenvalue weighted by Crippen LogP contribution is 2.37. The molecule has 0 radical (unpaired) electrons. The Morgan fingerprint density at radius 2 is 1.45 bits per heavy atom. The largest absolute Gasteiger partial charge is 0.376 e. The lowest BCUT2D eigenvalue weighted by atomic mass is 9.82. The first-order valence-corrected chi connectivity index (χ1v) is 7.27. The number of hydrogen-bond acceptors (Lipinski definition) is 2. The van der Waals surface area contributed by atoms with E-state index in [1.807, 2.05) is 13.8 Å². The summed E-state index contributed by atoms with van der Waals surface area (Å²) in [6.45, 7) is 3.80. The van der Waals surface area contributed by atoms with Crippen molar-refractivity contribution in [2.45, 2.75) is 26.3 Å². The van der Waals surface area contributed by atoms with Crippen LogP contribution in [0.15, 0.2) is 0 Å². The summed E-state index contributed by atoms with van der Waals surface area (Å²) in [5, 5.41) is 2.50. The summed E-state index contributed by atoms with van der Waals surface area (Å²) < 4.78 is 66.5. The first-order valence-electron chi connectivity index (χ1n) is 6.11. The van der Waals surface area contributed by atoms with Gasteiger partial charge in [-0.05, 0) is 17.6 Å². The van der Waals surface area contributed by atoms with Gasteiger partial charge in [0.2, 0.25) is 5.82 Å². The average molecular weight is 311 g/mol. The molecule has 1 fully saturated rings. The third kappa shape index (κ3) is 2.60. The van der Waals surface area contributed by atoms with E-state index in [1.165, 1.54) is 0 Å². The van der Waals surface area contributed by atoms with Crippen molar-refractivity contribution < 1.29 is 22.0 Å². The van der Waals surface area contributed by atoms with E-state index >= 15 is 0 Å². The standard InChI is InChI=1S/C13H14F5NS/c1-13(2)3-4-20-5-6(13)19-12-10(17)8(15)7(14)9(16)11(12)18/h6,19H,3-5H2,1-2H3. The third-order valence-corrected chi connectivity index (χ3v) is 4.71. The minimum absolute atomic E-state index is 0.286. The lowest BCUT2D eigenvalue weighted by molar-refractivity contribution is 0.302. The number of anilines is 1. The van der Waals surface area contributed by atoms with Crippen molar-refractivity contribution in [2.75, 3.05) is 16.8 Å². The number of rotatable bonds is 2. The van der Waals surface area contributed by atoms with Crippen molar-refractivity contribution >= 4 is 17.4 Å². The number of hydrogen-bond donors (Lipinski definition) is 1. The smallest absolute Gasteiger partial charge is 0.200 e. The fourth-order valence-electron chi connectivity index (χ4n) is 2.08. The van der Waals surface area contributed by atoms with E-state index in [1.54, 1.807) is 11.8 Å². The topological polar surface area (TPSA) is 12.0 Å². The lowest BCUT2D eigenvalue weighted by Crippen LogP contribution is -2.42. The Morgan fingerprint density at radius 3 is 1.95 bits per heavy atom. The second-order valence-electron chi connectivity index (χ2n) is 5.46. The fourth-order valence-corrected chi connectivity index (χ4v) is 3.69. The molecule has 1 saturated heterocycles. The minimum atomic E-state index is -2.14. The van der Waals surface area contributed by atoms with Crippen LogP contribution in [0.5, 0.6) is 0 Å². The molecule has 0 bridgehead atoms. The van der Waals surface area contributed by atoms with Crippen LogP contribution in [0.1, 0.15) is 20.3 Å². The zero-order chi connectivity index (χ0) is 15.1. The molecule has 2 rings (SSSR count). The molecule has 1 atom stereocenters. The predicted octanol–water partition coefficient (Wildman–Crippen LogP) is 4.33. The SMILES string of the molecule is CC1(C)CCSCC1Nc1c(F)c(F)c(F)c(F)c1F. The molecule has 0 amide bonds. The Labute approximate surface area is 117 Å².